The van der Waals surface area contributed by atoms with E-state index in [0.717, 1.165) is 16.7 Å². The second-order valence-electron chi connectivity index (χ2n) is 8.20. The van der Waals surface area contributed by atoms with Crippen LogP contribution in [0, 0.1) is 23.3 Å². The van der Waals surface area contributed by atoms with Gasteiger partial charge in [-0.1, -0.05) is 30.3 Å². The van der Waals surface area contributed by atoms with Crippen molar-refractivity contribution in [2.24, 2.45) is 0 Å². The molecule has 6 nitrogen and oxygen atoms in total. The minimum absolute atomic E-state index is 0.0484. The van der Waals surface area contributed by atoms with Gasteiger partial charge in [-0.2, -0.15) is 21.4 Å². The van der Waals surface area contributed by atoms with Gasteiger partial charge in [-0.3, -0.25) is 9.59 Å². The largest absolute Gasteiger partial charge is 0.480 e. The van der Waals surface area contributed by atoms with E-state index in [9.17, 15) is 37.1 Å². The van der Waals surface area contributed by atoms with Crippen molar-refractivity contribution < 1.29 is 41.8 Å². The third kappa shape index (κ3) is 5.94. The zero-order valence-electron chi connectivity index (χ0n) is 18.9. The molecule has 1 saturated heterocycles. The molecule has 0 bridgehead atoms. The number of rotatable bonds is 8. The predicted molar refractivity (Wildman–Crippen MR) is 131 cm³/mol. The Kier molecular flexibility index (Phi) is 8.88. The van der Waals surface area contributed by atoms with Crippen LogP contribution in [0.5, 0.6) is 5.75 Å². The monoisotopic (exact) mass is 563 g/mol. The van der Waals surface area contributed by atoms with Crippen LogP contribution in [-0.2, 0) is 20.1 Å². The highest BCUT2D eigenvalue weighted by Crippen LogP contribution is 2.40. The number of halogens is 4. The topological polar surface area (TPSA) is 83.9 Å². The molecule has 1 amide bonds. The average molecular weight is 564 g/mol. The van der Waals surface area contributed by atoms with Crippen molar-refractivity contribution in [3.05, 3.63) is 65.2 Å². The molecule has 2 unspecified atom stereocenters. The van der Waals surface area contributed by atoms with Gasteiger partial charge in [-0.25, -0.2) is 13.6 Å². The number of aliphatic carboxylic acids is 1. The fraction of sp³-hybridized carbons (Fsp3) is 0.348. The number of benzene rings is 2. The molecule has 1 heterocycles. The Bertz CT molecular complexity index is 1140. The molecular weight excluding hydrogens is 542 g/mol. The van der Waals surface area contributed by atoms with Crippen molar-refractivity contribution in [1.29, 1.82) is 0 Å². The molecule has 0 saturated carbocycles. The van der Waals surface area contributed by atoms with Crippen molar-refractivity contribution in [3.8, 4) is 5.75 Å². The Morgan fingerprint density at radius 3 is 2.33 bits per heavy atom. The van der Waals surface area contributed by atoms with Crippen LogP contribution in [0.1, 0.15) is 19.4 Å². The standard InChI is InChI=1S/C23H21F4NO5S3/c1-23(2)28(20(29)14(34)10-36-23)17(21(30)31)19(35-9-11-6-4-3-5-7-11)22(32)33-18-15(26)12(24)8-13(25)16(18)27/h3-8,14,17,19,34H,9-10H2,1-2H3,(H,30,31)/t14?,17?,19-/m0/s1. The first-order valence-corrected chi connectivity index (χ1v) is 13.0. The lowest BCUT2D eigenvalue weighted by Gasteiger charge is -2.47. The van der Waals surface area contributed by atoms with E-state index < -0.39 is 68.3 Å². The summed E-state index contributed by atoms with van der Waals surface area (Å²) in [5.74, 6) is -12.6. The molecule has 194 valence electrons. The molecule has 1 aliphatic rings. The van der Waals surface area contributed by atoms with Crippen LogP contribution in [0.3, 0.4) is 0 Å². The van der Waals surface area contributed by atoms with Crippen molar-refractivity contribution in [1.82, 2.24) is 4.90 Å². The zero-order chi connectivity index (χ0) is 26.8. The van der Waals surface area contributed by atoms with E-state index in [2.05, 4.69) is 12.6 Å². The fourth-order valence-electron chi connectivity index (χ4n) is 3.54. The smallest absolute Gasteiger partial charge is 0.328 e. The number of carbonyl (C=O) groups is 3. The third-order valence-corrected chi connectivity index (χ3v) is 8.66. The van der Waals surface area contributed by atoms with E-state index in [0.29, 0.717) is 5.56 Å². The summed E-state index contributed by atoms with van der Waals surface area (Å²) in [6.07, 6.45) is 0. The highest BCUT2D eigenvalue weighted by molar-refractivity contribution is 8.01. The summed E-state index contributed by atoms with van der Waals surface area (Å²) in [5, 5.41) is 7.52. The van der Waals surface area contributed by atoms with E-state index >= 15 is 0 Å². The van der Waals surface area contributed by atoms with Gasteiger partial charge in [0.15, 0.2) is 17.7 Å². The number of carboxylic acid groups (broad SMARTS) is 1. The van der Waals surface area contributed by atoms with Gasteiger partial charge in [-0.05, 0) is 19.4 Å². The Labute approximate surface area is 218 Å². The van der Waals surface area contributed by atoms with Crippen LogP contribution in [0.4, 0.5) is 17.6 Å². The van der Waals surface area contributed by atoms with E-state index in [4.69, 9.17) is 4.74 Å². The van der Waals surface area contributed by atoms with E-state index in [1.807, 2.05) is 0 Å². The number of ether oxygens (including phenoxy) is 1. The highest BCUT2D eigenvalue weighted by Gasteiger charge is 2.51. The molecule has 2 aromatic rings. The summed E-state index contributed by atoms with van der Waals surface area (Å²) in [5.41, 5.74) is 0.671. The number of carbonyl (C=O) groups excluding carboxylic acids is 2. The number of hydrogen-bond acceptors (Lipinski definition) is 7. The summed E-state index contributed by atoms with van der Waals surface area (Å²) in [6, 6.07) is 6.63. The van der Waals surface area contributed by atoms with Crippen LogP contribution in [0.15, 0.2) is 36.4 Å². The van der Waals surface area contributed by atoms with Gasteiger partial charge in [-0.15, -0.1) is 23.5 Å². The van der Waals surface area contributed by atoms with Crippen LogP contribution < -0.4 is 4.74 Å². The van der Waals surface area contributed by atoms with Crippen molar-refractivity contribution in [2.45, 2.75) is 41.0 Å². The first-order valence-electron chi connectivity index (χ1n) is 10.4. The lowest BCUT2D eigenvalue weighted by atomic mass is 10.1. The SMILES string of the molecule is CC1(C)SCC(S)C(=O)N1C(C(=O)O)[C@H](SCc1ccccc1)C(=O)Oc1c(F)c(F)cc(F)c1F. The lowest BCUT2D eigenvalue weighted by molar-refractivity contribution is -0.155. The van der Waals surface area contributed by atoms with Crippen LogP contribution in [0.2, 0.25) is 0 Å². The van der Waals surface area contributed by atoms with Crippen molar-refractivity contribution in [3.63, 3.8) is 0 Å². The number of hydrogen-bond donors (Lipinski definition) is 2. The van der Waals surface area contributed by atoms with E-state index in [1.54, 1.807) is 44.2 Å². The van der Waals surface area contributed by atoms with Gasteiger partial charge in [0.05, 0.1) is 10.1 Å². The highest BCUT2D eigenvalue weighted by atomic mass is 32.2. The van der Waals surface area contributed by atoms with Gasteiger partial charge in [0.1, 0.15) is 5.25 Å². The number of thiol groups is 1. The summed E-state index contributed by atoms with van der Waals surface area (Å²) in [6.45, 7) is 3.16. The average Bonchev–Trinajstić information content (AvgIpc) is 2.82. The van der Waals surface area contributed by atoms with Gasteiger partial charge >= 0.3 is 11.9 Å². The fourth-order valence-corrected chi connectivity index (χ4v) is 6.11. The molecule has 1 N–H and O–H groups in total. The molecule has 1 fully saturated rings. The summed E-state index contributed by atoms with van der Waals surface area (Å²) < 4.78 is 60.5. The minimum Gasteiger partial charge on any atom is -0.480 e. The molecule has 0 aliphatic carbocycles. The molecule has 3 rings (SSSR count). The van der Waals surface area contributed by atoms with Gasteiger partial charge in [0.2, 0.25) is 23.3 Å². The van der Waals surface area contributed by atoms with Crippen molar-refractivity contribution >= 4 is 54.0 Å². The summed E-state index contributed by atoms with van der Waals surface area (Å²) >= 11 is 6.17. The maximum Gasteiger partial charge on any atom is 0.328 e. The number of esters is 1. The normalized spacial score (nSPS) is 19.0. The van der Waals surface area contributed by atoms with Crippen LogP contribution >= 0.6 is 36.2 Å². The molecule has 1 aliphatic heterocycles. The molecule has 2 aromatic carbocycles. The molecule has 0 radical (unpaired) electrons. The lowest BCUT2D eigenvalue weighted by Crippen LogP contribution is -2.64. The minimum atomic E-state index is -1.96. The van der Waals surface area contributed by atoms with Crippen molar-refractivity contribution in [2.75, 3.05) is 5.75 Å². The van der Waals surface area contributed by atoms with Gasteiger partial charge in [0.25, 0.3) is 0 Å². The predicted octanol–water partition coefficient (Wildman–Crippen LogP) is 4.51. The summed E-state index contributed by atoms with van der Waals surface area (Å²) in [4.78, 5) is 38.6. The Balaban J connectivity index is 2.05. The van der Waals surface area contributed by atoms with Gasteiger partial charge in [0, 0.05) is 17.6 Å². The third-order valence-electron chi connectivity index (χ3n) is 5.29. The maximum atomic E-state index is 14.2. The quantitative estimate of drug-likeness (QED) is 0.161. The molecule has 0 aromatic heterocycles. The molecular formula is C23H21F4NO5S3. The zero-order valence-corrected chi connectivity index (χ0v) is 21.4. The number of amides is 1. The molecule has 3 atom stereocenters. The second-order valence-corrected chi connectivity index (χ2v) is 11.6. The van der Waals surface area contributed by atoms with E-state index in [-0.39, 0.29) is 17.6 Å². The molecule has 0 spiro atoms. The maximum absolute atomic E-state index is 14.2. The van der Waals surface area contributed by atoms with E-state index in [1.165, 1.54) is 11.8 Å². The number of nitrogens with zero attached hydrogens (tertiary/aromatic N) is 1. The second kappa shape index (κ2) is 11.3. The molecule has 36 heavy (non-hydrogen) atoms. The number of carboxylic acids is 1. The Morgan fingerprint density at radius 2 is 1.78 bits per heavy atom. The van der Waals surface area contributed by atoms with Crippen LogP contribution in [-0.4, -0.2) is 55.0 Å². The number of thioether (sulfide) groups is 2. The first kappa shape index (κ1) is 28.2. The summed E-state index contributed by atoms with van der Waals surface area (Å²) in [7, 11) is 0. The van der Waals surface area contributed by atoms with Crippen LogP contribution in [0.25, 0.3) is 0 Å². The Morgan fingerprint density at radius 1 is 1.19 bits per heavy atom. The molecule has 13 heteroatoms. The Hall–Kier alpha value is -2.38. The van der Waals surface area contributed by atoms with Gasteiger partial charge < -0.3 is 14.7 Å². The first-order chi connectivity index (χ1) is 16.8.